The third-order valence-corrected chi connectivity index (χ3v) is 4.48. The number of nitrogens with two attached hydrogens (primary N) is 1. The van der Waals surface area contributed by atoms with Crippen LogP contribution in [0.5, 0.6) is 0 Å². The van der Waals surface area contributed by atoms with E-state index in [4.69, 9.17) is 5.73 Å². The fourth-order valence-electron chi connectivity index (χ4n) is 3.36. The van der Waals surface area contributed by atoms with Crippen LogP contribution < -0.4 is 5.73 Å². The molecule has 0 aromatic carbocycles. The molecule has 3 unspecified atom stereocenters. The number of hydrogen-bond acceptors (Lipinski definition) is 3. The molecular formula is C14H25N3O2. The standard InChI is InChI=1S/C14H25N3O2/c1-10-5-7-17(12(8-10)9-15)14(19)13-4-3-6-16(13)11(2)18/h10,12-13H,3-9,15H2,1-2H3. The van der Waals surface area contributed by atoms with Crippen molar-refractivity contribution in [3.05, 3.63) is 0 Å². The Morgan fingerprint density at radius 2 is 1.95 bits per heavy atom. The quantitative estimate of drug-likeness (QED) is 0.796. The van der Waals surface area contributed by atoms with E-state index in [1.165, 1.54) is 0 Å². The van der Waals surface area contributed by atoms with Crippen LogP contribution in [0.1, 0.15) is 39.5 Å². The summed E-state index contributed by atoms with van der Waals surface area (Å²) in [5.41, 5.74) is 5.81. The molecular weight excluding hydrogens is 242 g/mol. The molecule has 2 aliphatic heterocycles. The van der Waals surface area contributed by atoms with Gasteiger partial charge in [-0.2, -0.15) is 0 Å². The van der Waals surface area contributed by atoms with Gasteiger partial charge in [-0.25, -0.2) is 0 Å². The molecule has 0 bridgehead atoms. The zero-order valence-electron chi connectivity index (χ0n) is 12.0. The molecule has 2 heterocycles. The summed E-state index contributed by atoms with van der Waals surface area (Å²) in [6.07, 6.45) is 3.74. The minimum absolute atomic E-state index is 0.00512. The Balaban J connectivity index is 2.07. The lowest BCUT2D eigenvalue weighted by atomic mass is 9.91. The van der Waals surface area contributed by atoms with Crippen LogP contribution in [0.15, 0.2) is 0 Å². The minimum atomic E-state index is -0.250. The van der Waals surface area contributed by atoms with Gasteiger partial charge in [0.1, 0.15) is 6.04 Å². The van der Waals surface area contributed by atoms with Gasteiger partial charge < -0.3 is 15.5 Å². The monoisotopic (exact) mass is 267 g/mol. The second-order valence-electron chi connectivity index (χ2n) is 5.92. The smallest absolute Gasteiger partial charge is 0.245 e. The zero-order chi connectivity index (χ0) is 14.0. The number of amides is 2. The molecule has 2 saturated heterocycles. The molecule has 0 saturated carbocycles. The second kappa shape index (κ2) is 5.90. The minimum Gasteiger partial charge on any atom is -0.337 e. The predicted octanol–water partition coefficient (Wildman–Crippen LogP) is 0.583. The van der Waals surface area contributed by atoms with Crippen LogP contribution in [0.3, 0.4) is 0 Å². The first-order valence-corrected chi connectivity index (χ1v) is 7.32. The summed E-state index contributed by atoms with van der Waals surface area (Å²) >= 11 is 0. The lowest BCUT2D eigenvalue weighted by Gasteiger charge is -2.40. The summed E-state index contributed by atoms with van der Waals surface area (Å²) in [7, 11) is 0. The van der Waals surface area contributed by atoms with Crippen LogP contribution in [-0.4, -0.2) is 53.3 Å². The van der Waals surface area contributed by atoms with Crippen molar-refractivity contribution in [1.29, 1.82) is 0 Å². The third kappa shape index (κ3) is 2.91. The van der Waals surface area contributed by atoms with Gasteiger partial charge in [0.05, 0.1) is 0 Å². The van der Waals surface area contributed by atoms with E-state index >= 15 is 0 Å². The predicted molar refractivity (Wildman–Crippen MR) is 73.4 cm³/mol. The number of likely N-dealkylation sites (tertiary alicyclic amines) is 2. The van der Waals surface area contributed by atoms with Gasteiger partial charge in [-0.15, -0.1) is 0 Å². The average Bonchev–Trinajstić information content (AvgIpc) is 2.87. The van der Waals surface area contributed by atoms with E-state index in [9.17, 15) is 9.59 Å². The average molecular weight is 267 g/mol. The van der Waals surface area contributed by atoms with E-state index in [1.54, 1.807) is 11.8 Å². The number of hydrogen-bond donors (Lipinski definition) is 1. The molecule has 5 heteroatoms. The molecule has 0 aliphatic carbocycles. The molecule has 2 rings (SSSR count). The van der Waals surface area contributed by atoms with Crippen molar-refractivity contribution < 1.29 is 9.59 Å². The van der Waals surface area contributed by atoms with Crippen LogP contribution in [0.2, 0.25) is 0 Å². The highest BCUT2D eigenvalue weighted by Crippen LogP contribution is 2.26. The van der Waals surface area contributed by atoms with Gasteiger partial charge in [0.25, 0.3) is 0 Å². The summed E-state index contributed by atoms with van der Waals surface area (Å²) in [6, 6.07) is -0.106. The van der Waals surface area contributed by atoms with Crippen molar-refractivity contribution >= 4 is 11.8 Å². The number of carbonyl (C=O) groups is 2. The van der Waals surface area contributed by atoms with Crippen molar-refractivity contribution in [2.75, 3.05) is 19.6 Å². The SMILES string of the molecule is CC(=O)N1CCCC1C(=O)N1CCC(C)CC1CN. The molecule has 0 radical (unpaired) electrons. The Kier molecular flexibility index (Phi) is 4.45. The Hall–Kier alpha value is -1.10. The van der Waals surface area contributed by atoms with Gasteiger partial charge in [-0.1, -0.05) is 6.92 Å². The lowest BCUT2D eigenvalue weighted by molar-refractivity contribution is -0.145. The van der Waals surface area contributed by atoms with E-state index in [1.807, 2.05) is 4.90 Å². The molecule has 108 valence electrons. The van der Waals surface area contributed by atoms with Crippen LogP contribution in [0, 0.1) is 5.92 Å². The number of nitrogens with zero attached hydrogens (tertiary/aromatic N) is 2. The third-order valence-electron chi connectivity index (χ3n) is 4.48. The van der Waals surface area contributed by atoms with Gasteiger partial charge in [-0.3, -0.25) is 9.59 Å². The molecule has 2 N–H and O–H groups in total. The zero-order valence-corrected chi connectivity index (χ0v) is 12.0. The maximum atomic E-state index is 12.7. The highest BCUT2D eigenvalue weighted by molar-refractivity contribution is 5.87. The highest BCUT2D eigenvalue weighted by atomic mass is 16.2. The van der Waals surface area contributed by atoms with Gasteiger partial charge in [0.2, 0.25) is 11.8 Å². The molecule has 2 aliphatic rings. The fourth-order valence-corrected chi connectivity index (χ4v) is 3.36. The first-order chi connectivity index (χ1) is 9.04. The number of piperidine rings is 1. The second-order valence-corrected chi connectivity index (χ2v) is 5.92. The Morgan fingerprint density at radius 3 is 2.58 bits per heavy atom. The van der Waals surface area contributed by atoms with Gasteiger partial charge in [-0.05, 0) is 31.6 Å². The van der Waals surface area contributed by atoms with Crippen LogP contribution >= 0.6 is 0 Å². The van der Waals surface area contributed by atoms with Crippen LogP contribution in [0.25, 0.3) is 0 Å². The lowest BCUT2D eigenvalue weighted by Crippen LogP contribution is -2.55. The Labute approximate surface area is 115 Å². The molecule has 3 atom stereocenters. The first kappa shape index (κ1) is 14.3. The van der Waals surface area contributed by atoms with Crippen molar-refractivity contribution in [3.8, 4) is 0 Å². The summed E-state index contributed by atoms with van der Waals surface area (Å²) in [6.45, 7) is 5.77. The van der Waals surface area contributed by atoms with Crippen LogP contribution in [-0.2, 0) is 9.59 Å². The van der Waals surface area contributed by atoms with Gasteiger partial charge in [0.15, 0.2) is 0 Å². The summed E-state index contributed by atoms with van der Waals surface area (Å²) < 4.78 is 0. The summed E-state index contributed by atoms with van der Waals surface area (Å²) in [5, 5.41) is 0. The van der Waals surface area contributed by atoms with E-state index in [-0.39, 0.29) is 23.9 Å². The maximum absolute atomic E-state index is 12.7. The van der Waals surface area contributed by atoms with E-state index in [2.05, 4.69) is 6.92 Å². The fraction of sp³-hybridized carbons (Fsp3) is 0.857. The van der Waals surface area contributed by atoms with E-state index in [0.29, 0.717) is 19.0 Å². The first-order valence-electron chi connectivity index (χ1n) is 7.32. The van der Waals surface area contributed by atoms with Gasteiger partial charge in [0, 0.05) is 32.6 Å². The van der Waals surface area contributed by atoms with E-state index < -0.39 is 0 Å². The molecule has 0 spiro atoms. The largest absolute Gasteiger partial charge is 0.337 e. The van der Waals surface area contributed by atoms with Crippen molar-refractivity contribution in [3.63, 3.8) is 0 Å². The molecule has 0 aromatic rings. The summed E-state index contributed by atoms with van der Waals surface area (Å²) in [5.74, 6) is 0.741. The molecule has 2 amide bonds. The maximum Gasteiger partial charge on any atom is 0.245 e. The van der Waals surface area contributed by atoms with E-state index in [0.717, 1.165) is 32.2 Å². The number of carbonyl (C=O) groups excluding carboxylic acids is 2. The molecule has 19 heavy (non-hydrogen) atoms. The molecule has 2 fully saturated rings. The van der Waals surface area contributed by atoms with Crippen molar-refractivity contribution in [1.82, 2.24) is 9.80 Å². The van der Waals surface area contributed by atoms with Crippen molar-refractivity contribution in [2.24, 2.45) is 11.7 Å². The summed E-state index contributed by atoms with van der Waals surface area (Å²) in [4.78, 5) is 27.9. The van der Waals surface area contributed by atoms with Gasteiger partial charge >= 0.3 is 0 Å². The van der Waals surface area contributed by atoms with Crippen LogP contribution in [0.4, 0.5) is 0 Å². The van der Waals surface area contributed by atoms with Crippen molar-refractivity contribution in [2.45, 2.75) is 51.6 Å². The Morgan fingerprint density at radius 1 is 1.21 bits per heavy atom. The topological polar surface area (TPSA) is 66.6 Å². The number of rotatable bonds is 2. The normalized spacial score (nSPS) is 31.6. The molecule has 0 aromatic heterocycles. The highest BCUT2D eigenvalue weighted by Gasteiger charge is 2.38. The Bertz CT molecular complexity index is 359. The molecule has 5 nitrogen and oxygen atoms in total.